The van der Waals surface area contributed by atoms with Crippen LogP contribution in [-0.4, -0.2) is 28.7 Å². The quantitative estimate of drug-likeness (QED) is 0.696. The number of nitrogens with zero attached hydrogens (tertiary/aromatic N) is 3. The van der Waals surface area contributed by atoms with E-state index in [1.165, 1.54) is 0 Å². The van der Waals surface area contributed by atoms with Crippen LogP contribution in [0, 0.1) is 0 Å². The van der Waals surface area contributed by atoms with Gasteiger partial charge in [-0.05, 0) is 25.0 Å². The molecule has 2 heterocycles. The highest BCUT2D eigenvalue weighted by Crippen LogP contribution is 2.20. The second-order valence-corrected chi connectivity index (χ2v) is 4.38. The predicted molar refractivity (Wildman–Crippen MR) is 58.1 cm³/mol. The van der Waals surface area contributed by atoms with Crippen molar-refractivity contribution in [2.45, 2.75) is 18.2 Å². The minimum absolute atomic E-state index is 0.312. The first-order valence-electron chi connectivity index (χ1n) is 4.64. The fourth-order valence-corrected chi connectivity index (χ4v) is 1.85. The lowest BCUT2D eigenvalue weighted by atomic mass is 10.1. The van der Waals surface area contributed by atoms with Crippen LogP contribution in [0.15, 0.2) is 12.1 Å². The van der Waals surface area contributed by atoms with E-state index in [1.54, 1.807) is 6.07 Å². The van der Waals surface area contributed by atoms with Crippen LogP contribution in [0.25, 0.3) is 0 Å². The zero-order chi connectivity index (χ0) is 9.97. The maximum atomic E-state index is 6.01. The molecular formula is C9H11Cl2N3. The van der Waals surface area contributed by atoms with Crippen LogP contribution >= 0.6 is 23.2 Å². The smallest absolute Gasteiger partial charge is 0.151 e. The Morgan fingerprint density at radius 2 is 1.93 bits per heavy atom. The molecule has 14 heavy (non-hydrogen) atoms. The van der Waals surface area contributed by atoms with Crippen molar-refractivity contribution < 1.29 is 0 Å². The summed E-state index contributed by atoms with van der Waals surface area (Å²) in [6, 6.07) is 3.65. The molecule has 0 unspecified atom stereocenters. The summed E-state index contributed by atoms with van der Waals surface area (Å²) in [7, 11) is 0. The number of aromatic nitrogens is 2. The van der Waals surface area contributed by atoms with Gasteiger partial charge < -0.3 is 4.90 Å². The standard InChI is InChI=1S/C9H11Cl2N3/c10-7-3-5-14(6-4-7)9-2-1-8(11)12-13-9/h1-2,7H,3-6H2. The van der Waals surface area contributed by atoms with Gasteiger partial charge in [0, 0.05) is 18.5 Å². The number of hydrogen-bond donors (Lipinski definition) is 0. The molecular weight excluding hydrogens is 221 g/mol. The van der Waals surface area contributed by atoms with Crippen LogP contribution < -0.4 is 4.90 Å². The van der Waals surface area contributed by atoms with E-state index < -0.39 is 0 Å². The third kappa shape index (κ3) is 2.28. The van der Waals surface area contributed by atoms with Crippen LogP contribution in [0.5, 0.6) is 0 Å². The molecule has 1 saturated heterocycles. The molecule has 0 radical (unpaired) electrons. The first kappa shape index (κ1) is 9.99. The third-order valence-corrected chi connectivity index (χ3v) is 3.00. The Kier molecular flexibility index (Phi) is 3.08. The van der Waals surface area contributed by atoms with Crippen LogP contribution in [0.1, 0.15) is 12.8 Å². The van der Waals surface area contributed by atoms with Crippen LogP contribution in [0.4, 0.5) is 5.82 Å². The Hall–Kier alpha value is -0.540. The Bertz CT molecular complexity index is 293. The number of rotatable bonds is 1. The summed E-state index contributed by atoms with van der Waals surface area (Å²) in [4.78, 5) is 2.18. The average molecular weight is 232 g/mol. The minimum Gasteiger partial charge on any atom is -0.355 e. The van der Waals surface area contributed by atoms with Crippen molar-refractivity contribution in [1.29, 1.82) is 0 Å². The lowest BCUT2D eigenvalue weighted by Gasteiger charge is -2.29. The molecule has 0 aromatic carbocycles. The van der Waals surface area contributed by atoms with E-state index in [4.69, 9.17) is 23.2 Å². The molecule has 2 rings (SSSR count). The lowest BCUT2D eigenvalue weighted by molar-refractivity contribution is 0.578. The summed E-state index contributed by atoms with van der Waals surface area (Å²) in [6.07, 6.45) is 2.01. The summed E-state index contributed by atoms with van der Waals surface area (Å²) >= 11 is 11.7. The molecule has 0 saturated carbocycles. The highest BCUT2D eigenvalue weighted by molar-refractivity contribution is 6.29. The van der Waals surface area contributed by atoms with Gasteiger partial charge in [0.25, 0.3) is 0 Å². The second kappa shape index (κ2) is 4.32. The first-order valence-corrected chi connectivity index (χ1v) is 5.45. The van der Waals surface area contributed by atoms with Gasteiger partial charge in [0.05, 0.1) is 0 Å². The molecule has 0 amide bonds. The summed E-state index contributed by atoms with van der Waals surface area (Å²) in [5.74, 6) is 0.887. The fourth-order valence-electron chi connectivity index (χ4n) is 1.55. The molecule has 0 bridgehead atoms. The van der Waals surface area contributed by atoms with E-state index in [0.29, 0.717) is 10.5 Å². The van der Waals surface area contributed by atoms with Crippen molar-refractivity contribution in [3.63, 3.8) is 0 Å². The largest absolute Gasteiger partial charge is 0.355 e. The van der Waals surface area contributed by atoms with Crippen LogP contribution in [0.2, 0.25) is 5.15 Å². The van der Waals surface area contributed by atoms with Gasteiger partial charge >= 0.3 is 0 Å². The average Bonchev–Trinajstić information content (AvgIpc) is 2.21. The molecule has 76 valence electrons. The van der Waals surface area contributed by atoms with E-state index in [1.807, 2.05) is 6.07 Å². The summed E-state index contributed by atoms with van der Waals surface area (Å²) in [6.45, 7) is 1.90. The Morgan fingerprint density at radius 3 is 2.50 bits per heavy atom. The maximum Gasteiger partial charge on any atom is 0.151 e. The molecule has 1 fully saturated rings. The summed E-state index contributed by atoms with van der Waals surface area (Å²) in [5.41, 5.74) is 0. The van der Waals surface area contributed by atoms with Crippen molar-refractivity contribution >= 4 is 29.0 Å². The van der Waals surface area contributed by atoms with Gasteiger partial charge in [0.2, 0.25) is 0 Å². The molecule has 0 atom stereocenters. The van der Waals surface area contributed by atoms with Crippen molar-refractivity contribution in [2.24, 2.45) is 0 Å². The van der Waals surface area contributed by atoms with Crippen molar-refractivity contribution in [1.82, 2.24) is 10.2 Å². The second-order valence-electron chi connectivity index (χ2n) is 3.38. The predicted octanol–water partition coefficient (Wildman–Crippen LogP) is 2.34. The summed E-state index contributed by atoms with van der Waals surface area (Å²) < 4.78 is 0. The molecule has 0 spiro atoms. The molecule has 0 aliphatic carbocycles. The minimum atomic E-state index is 0.312. The van der Waals surface area contributed by atoms with Crippen molar-refractivity contribution in [3.8, 4) is 0 Å². The molecule has 5 heteroatoms. The van der Waals surface area contributed by atoms with Gasteiger partial charge in [-0.15, -0.1) is 21.8 Å². The number of anilines is 1. The Balaban J connectivity index is 2.05. The lowest BCUT2D eigenvalue weighted by Crippen LogP contribution is -2.34. The molecule has 1 aliphatic rings. The van der Waals surface area contributed by atoms with Crippen LogP contribution in [0.3, 0.4) is 0 Å². The first-order chi connectivity index (χ1) is 6.75. The number of piperidine rings is 1. The molecule has 0 N–H and O–H groups in total. The number of halogens is 2. The van der Waals surface area contributed by atoms with Gasteiger partial charge in [-0.25, -0.2) is 0 Å². The molecule has 1 aliphatic heterocycles. The molecule has 3 nitrogen and oxygen atoms in total. The SMILES string of the molecule is Clc1ccc(N2CCC(Cl)CC2)nn1. The monoisotopic (exact) mass is 231 g/mol. The highest BCUT2D eigenvalue weighted by atomic mass is 35.5. The van der Waals surface area contributed by atoms with E-state index >= 15 is 0 Å². The third-order valence-electron chi connectivity index (χ3n) is 2.37. The molecule has 1 aromatic heterocycles. The van der Waals surface area contributed by atoms with E-state index in [2.05, 4.69) is 15.1 Å². The van der Waals surface area contributed by atoms with Gasteiger partial charge in [-0.3, -0.25) is 0 Å². The Labute approximate surface area is 93.0 Å². The van der Waals surface area contributed by atoms with E-state index in [0.717, 1.165) is 31.7 Å². The van der Waals surface area contributed by atoms with E-state index in [-0.39, 0.29) is 0 Å². The maximum absolute atomic E-state index is 6.01. The number of hydrogen-bond acceptors (Lipinski definition) is 3. The van der Waals surface area contributed by atoms with Gasteiger partial charge in [0.15, 0.2) is 11.0 Å². The highest BCUT2D eigenvalue weighted by Gasteiger charge is 2.18. The number of alkyl halides is 1. The van der Waals surface area contributed by atoms with Gasteiger partial charge in [-0.2, -0.15) is 0 Å². The molecule has 1 aromatic rings. The van der Waals surface area contributed by atoms with Crippen molar-refractivity contribution in [3.05, 3.63) is 17.3 Å². The zero-order valence-corrected chi connectivity index (χ0v) is 9.17. The van der Waals surface area contributed by atoms with Crippen LogP contribution in [-0.2, 0) is 0 Å². The normalized spacial score (nSPS) is 18.6. The van der Waals surface area contributed by atoms with Gasteiger partial charge in [-0.1, -0.05) is 11.6 Å². The topological polar surface area (TPSA) is 29.0 Å². The van der Waals surface area contributed by atoms with E-state index in [9.17, 15) is 0 Å². The van der Waals surface area contributed by atoms with Crippen molar-refractivity contribution in [2.75, 3.05) is 18.0 Å². The summed E-state index contributed by atoms with van der Waals surface area (Å²) in [5, 5.41) is 8.59. The zero-order valence-electron chi connectivity index (χ0n) is 7.66. The fraction of sp³-hybridized carbons (Fsp3) is 0.556. The Morgan fingerprint density at radius 1 is 1.21 bits per heavy atom. The van der Waals surface area contributed by atoms with Gasteiger partial charge in [0.1, 0.15) is 0 Å².